The van der Waals surface area contributed by atoms with Crippen molar-refractivity contribution in [3.05, 3.63) is 59.5 Å². The predicted octanol–water partition coefficient (Wildman–Crippen LogP) is 4.78. The molecule has 3 aromatic rings. The number of rotatable bonds is 3. The van der Waals surface area contributed by atoms with E-state index >= 15 is 0 Å². The fraction of sp³-hybridized carbons (Fsp3) is 0.0667. The Kier molecular flexibility index (Phi) is 3.26. The molecule has 1 nitrogen and oxygen atoms in total. The van der Waals surface area contributed by atoms with Crippen molar-refractivity contribution in [2.75, 3.05) is 5.73 Å². The van der Waals surface area contributed by atoms with E-state index in [4.69, 9.17) is 5.73 Å². The Morgan fingerprint density at radius 1 is 1.06 bits per heavy atom. The quantitative estimate of drug-likeness (QED) is 0.548. The SMILES string of the molecule is Nc1cccc(SCc2csc3ccccc23)c1. The number of anilines is 1. The smallest absolute Gasteiger partial charge is 0.0345 e. The summed E-state index contributed by atoms with van der Waals surface area (Å²) in [7, 11) is 0. The zero-order valence-corrected chi connectivity index (χ0v) is 11.4. The van der Waals surface area contributed by atoms with Gasteiger partial charge in [0.1, 0.15) is 0 Å². The van der Waals surface area contributed by atoms with E-state index in [-0.39, 0.29) is 0 Å². The third-order valence-electron chi connectivity index (χ3n) is 2.81. The summed E-state index contributed by atoms with van der Waals surface area (Å²) >= 11 is 3.65. The van der Waals surface area contributed by atoms with Crippen molar-refractivity contribution in [1.82, 2.24) is 0 Å². The molecule has 2 aromatic carbocycles. The van der Waals surface area contributed by atoms with Crippen molar-refractivity contribution in [2.45, 2.75) is 10.6 Å². The van der Waals surface area contributed by atoms with Gasteiger partial charge in [0.2, 0.25) is 0 Å². The van der Waals surface area contributed by atoms with E-state index in [1.54, 1.807) is 0 Å². The molecule has 3 rings (SSSR count). The van der Waals surface area contributed by atoms with Gasteiger partial charge in [0, 0.05) is 21.0 Å². The second-order valence-electron chi connectivity index (χ2n) is 4.12. The summed E-state index contributed by atoms with van der Waals surface area (Å²) in [5.41, 5.74) is 8.02. The minimum Gasteiger partial charge on any atom is -0.399 e. The monoisotopic (exact) mass is 271 g/mol. The lowest BCUT2D eigenvalue weighted by Gasteiger charge is -2.02. The molecule has 0 unspecified atom stereocenters. The maximum Gasteiger partial charge on any atom is 0.0345 e. The Hall–Kier alpha value is -1.45. The average Bonchev–Trinajstić information content (AvgIpc) is 2.80. The molecular weight excluding hydrogens is 258 g/mol. The molecule has 0 aliphatic carbocycles. The van der Waals surface area contributed by atoms with Gasteiger partial charge in [0.15, 0.2) is 0 Å². The molecule has 2 N–H and O–H groups in total. The maximum atomic E-state index is 5.79. The van der Waals surface area contributed by atoms with E-state index in [9.17, 15) is 0 Å². The molecule has 0 aliphatic heterocycles. The minimum absolute atomic E-state index is 0.829. The van der Waals surface area contributed by atoms with Crippen LogP contribution in [0.5, 0.6) is 0 Å². The van der Waals surface area contributed by atoms with Crippen molar-refractivity contribution < 1.29 is 0 Å². The highest BCUT2D eigenvalue weighted by molar-refractivity contribution is 7.98. The third-order valence-corrected chi connectivity index (χ3v) is 4.87. The second-order valence-corrected chi connectivity index (χ2v) is 6.08. The lowest BCUT2D eigenvalue weighted by atomic mass is 10.2. The highest BCUT2D eigenvalue weighted by Crippen LogP contribution is 2.31. The summed E-state index contributed by atoms with van der Waals surface area (Å²) in [5.74, 6) is 0.994. The molecular formula is C15H13NS2. The van der Waals surface area contributed by atoms with Crippen molar-refractivity contribution in [3.63, 3.8) is 0 Å². The lowest BCUT2D eigenvalue weighted by Crippen LogP contribution is -1.84. The molecule has 90 valence electrons. The first kappa shape index (κ1) is 11.6. The first-order valence-corrected chi connectivity index (χ1v) is 7.63. The minimum atomic E-state index is 0.829. The normalized spacial score (nSPS) is 10.9. The Morgan fingerprint density at radius 2 is 1.94 bits per heavy atom. The van der Waals surface area contributed by atoms with Gasteiger partial charge in [-0.25, -0.2) is 0 Å². The number of nitrogens with two attached hydrogens (primary N) is 1. The van der Waals surface area contributed by atoms with Gasteiger partial charge in [-0.15, -0.1) is 23.1 Å². The highest BCUT2D eigenvalue weighted by atomic mass is 32.2. The van der Waals surface area contributed by atoms with Gasteiger partial charge >= 0.3 is 0 Å². The van der Waals surface area contributed by atoms with Crippen LogP contribution in [0.1, 0.15) is 5.56 Å². The average molecular weight is 271 g/mol. The molecule has 18 heavy (non-hydrogen) atoms. The van der Waals surface area contributed by atoms with Crippen LogP contribution in [0.4, 0.5) is 5.69 Å². The Labute approximate surface area is 115 Å². The number of benzene rings is 2. The number of fused-ring (bicyclic) bond motifs is 1. The van der Waals surface area contributed by atoms with Crippen LogP contribution in [0.25, 0.3) is 10.1 Å². The second kappa shape index (κ2) is 5.04. The topological polar surface area (TPSA) is 26.0 Å². The van der Waals surface area contributed by atoms with Crippen molar-refractivity contribution >= 4 is 38.9 Å². The fourth-order valence-electron chi connectivity index (χ4n) is 1.91. The first-order valence-electron chi connectivity index (χ1n) is 5.76. The van der Waals surface area contributed by atoms with Crippen LogP contribution >= 0.6 is 23.1 Å². The standard InChI is InChI=1S/C15H13NS2/c16-12-4-3-5-13(8-12)17-9-11-10-18-15-7-2-1-6-14(11)15/h1-8,10H,9,16H2. The van der Waals surface area contributed by atoms with E-state index in [0.29, 0.717) is 0 Å². The zero-order valence-electron chi connectivity index (χ0n) is 9.80. The molecule has 0 bridgehead atoms. The molecule has 0 saturated heterocycles. The summed E-state index contributed by atoms with van der Waals surface area (Å²) in [6, 6.07) is 16.6. The van der Waals surface area contributed by atoms with Gasteiger partial charge in [0.25, 0.3) is 0 Å². The zero-order chi connectivity index (χ0) is 12.4. The van der Waals surface area contributed by atoms with E-state index in [0.717, 1.165) is 11.4 Å². The van der Waals surface area contributed by atoms with Crippen molar-refractivity contribution in [3.8, 4) is 0 Å². The van der Waals surface area contributed by atoms with Gasteiger partial charge in [0.05, 0.1) is 0 Å². The van der Waals surface area contributed by atoms with Crippen LogP contribution in [0, 0.1) is 0 Å². The Morgan fingerprint density at radius 3 is 2.83 bits per heavy atom. The van der Waals surface area contributed by atoms with E-state index in [1.807, 2.05) is 41.3 Å². The summed E-state index contributed by atoms with van der Waals surface area (Å²) in [5, 5.41) is 3.63. The van der Waals surface area contributed by atoms with E-state index in [1.165, 1.54) is 20.5 Å². The number of thioether (sulfide) groups is 1. The summed E-state index contributed by atoms with van der Waals surface area (Å²) in [4.78, 5) is 1.23. The van der Waals surface area contributed by atoms with Crippen LogP contribution < -0.4 is 5.73 Å². The van der Waals surface area contributed by atoms with Crippen LogP contribution in [-0.4, -0.2) is 0 Å². The van der Waals surface area contributed by atoms with Crippen molar-refractivity contribution in [2.24, 2.45) is 0 Å². The molecule has 3 heteroatoms. The summed E-state index contributed by atoms with van der Waals surface area (Å²) in [6.45, 7) is 0. The van der Waals surface area contributed by atoms with Gasteiger partial charge in [-0.05, 0) is 40.6 Å². The maximum absolute atomic E-state index is 5.79. The number of hydrogen-bond donors (Lipinski definition) is 1. The Balaban J connectivity index is 1.81. The summed E-state index contributed by atoms with van der Waals surface area (Å²) in [6.07, 6.45) is 0. The molecule has 0 atom stereocenters. The lowest BCUT2D eigenvalue weighted by molar-refractivity contribution is 1.42. The van der Waals surface area contributed by atoms with Gasteiger partial charge in [-0.1, -0.05) is 24.3 Å². The molecule has 1 heterocycles. The molecule has 0 radical (unpaired) electrons. The molecule has 0 aliphatic rings. The number of nitrogen functional groups attached to an aromatic ring is 1. The van der Waals surface area contributed by atoms with Crippen LogP contribution in [0.15, 0.2) is 58.8 Å². The van der Waals surface area contributed by atoms with Gasteiger partial charge in [-0.3, -0.25) is 0 Å². The molecule has 1 aromatic heterocycles. The molecule has 0 fully saturated rings. The van der Waals surface area contributed by atoms with Crippen LogP contribution in [0.2, 0.25) is 0 Å². The number of thiophene rings is 1. The largest absolute Gasteiger partial charge is 0.399 e. The van der Waals surface area contributed by atoms with E-state index in [2.05, 4.69) is 35.7 Å². The van der Waals surface area contributed by atoms with Gasteiger partial charge in [-0.2, -0.15) is 0 Å². The van der Waals surface area contributed by atoms with Crippen molar-refractivity contribution in [1.29, 1.82) is 0 Å². The van der Waals surface area contributed by atoms with Crippen LogP contribution in [-0.2, 0) is 5.75 Å². The first-order chi connectivity index (χ1) is 8.83. The van der Waals surface area contributed by atoms with E-state index < -0.39 is 0 Å². The Bertz CT molecular complexity index is 673. The predicted molar refractivity (Wildman–Crippen MR) is 82.2 cm³/mol. The summed E-state index contributed by atoms with van der Waals surface area (Å²) < 4.78 is 1.36. The van der Waals surface area contributed by atoms with Gasteiger partial charge < -0.3 is 5.73 Å². The number of hydrogen-bond acceptors (Lipinski definition) is 3. The molecule has 0 spiro atoms. The fourth-order valence-corrected chi connectivity index (χ4v) is 3.93. The van der Waals surface area contributed by atoms with Crippen LogP contribution in [0.3, 0.4) is 0 Å². The highest BCUT2D eigenvalue weighted by Gasteiger charge is 2.04. The molecule has 0 saturated carbocycles. The third kappa shape index (κ3) is 2.37. The molecule has 0 amide bonds.